The SMILES string of the molecule is CC.CC(C)(C)OC(=O)N[C@@H](Cc1cc(I)c(Oc2ccc(OCC3CO3)c(I)c2)c(I)c1)C(=O)O.CC(C)(C)OC(=O)N[C@@H](Cc1cc(I)c(Oc2ccc(OCC3CO3)c(I)c2)c(I)c1)C(=O)OCC1CO1. The summed E-state index contributed by atoms with van der Waals surface area (Å²) in [5.41, 5.74) is 0.181. The van der Waals surface area contributed by atoms with Gasteiger partial charge in [0.1, 0.15) is 84.4 Å². The first-order chi connectivity index (χ1) is 34.9. The summed E-state index contributed by atoms with van der Waals surface area (Å²) in [5.74, 6) is 2.62. The number of carboxylic acid groups (broad SMARTS) is 1. The largest absolute Gasteiger partial charge is 0.490 e. The molecule has 0 spiro atoms. The van der Waals surface area contributed by atoms with Crippen LogP contribution in [0.3, 0.4) is 0 Å². The molecule has 3 aliphatic heterocycles. The second-order valence-corrected chi connectivity index (χ2v) is 25.4. The van der Waals surface area contributed by atoms with Crippen molar-refractivity contribution in [3.63, 3.8) is 0 Å². The monoisotopic (exact) mass is 1700 g/mol. The molecule has 17 nitrogen and oxygen atoms in total. The molecule has 7 rings (SSSR count). The fraction of sp³-hybridized carbons (Fsp3) is 0.451. The number of amides is 2. The van der Waals surface area contributed by atoms with E-state index in [1.165, 1.54) is 0 Å². The molecule has 2 amide bonds. The number of halogens is 6. The summed E-state index contributed by atoms with van der Waals surface area (Å²) in [4.78, 5) is 49.0. The van der Waals surface area contributed by atoms with Gasteiger partial charge < -0.3 is 63.1 Å². The first-order valence-corrected chi connectivity index (χ1v) is 29.7. The van der Waals surface area contributed by atoms with Crippen molar-refractivity contribution in [1.29, 1.82) is 0 Å². The van der Waals surface area contributed by atoms with Gasteiger partial charge in [0.15, 0.2) is 11.5 Å². The minimum atomic E-state index is -1.14. The van der Waals surface area contributed by atoms with Crippen LogP contribution < -0.4 is 29.6 Å². The molecule has 74 heavy (non-hydrogen) atoms. The Hall–Kier alpha value is -2.18. The molecule has 404 valence electrons. The van der Waals surface area contributed by atoms with Crippen LogP contribution in [-0.2, 0) is 50.9 Å². The van der Waals surface area contributed by atoms with Crippen molar-refractivity contribution in [2.75, 3.05) is 39.6 Å². The fourth-order valence-electron chi connectivity index (χ4n) is 6.11. The van der Waals surface area contributed by atoms with Gasteiger partial charge in [-0.05, 0) is 249 Å². The van der Waals surface area contributed by atoms with E-state index in [-0.39, 0.29) is 37.8 Å². The molecule has 0 aromatic heterocycles. The summed E-state index contributed by atoms with van der Waals surface area (Å²) in [7, 11) is 0. The Morgan fingerprint density at radius 2 is 0.919 bits per heavy atom. The summed E-state index contributed by atoms with van der Waals surface area (Å²) in [5, 5.41) is 14.7. The normalized spacial score (nSPS) is 17.0. The number of carbonyl (C=O) groups excluding carboxylic acids is 3. The Morgan fingerprint density at radius 1 is 0.568 bits per heavy atom. The maximum atomic E-state index is 12.8. The van der Waals surface area contributed by atoms with E-state index in [0.29, 0.717) is 42.8 Å². The molecular formula is C51H58I6N2O15. The number of nitrogens with one attached hydrogen (secondary N) is 2. The highest BCUT2D eigenvalue weighted by molar-refractivity contribution is 14.1. The summed E-state index contributed by atoms with van der Waals surface area (Å²) in [6.07, 6.45) is -0.811. The third kappa shape index (κ3) is 22.3. The molecule has 4 aromatic rings. The van der Waals surface area contributed by atoms with Crippen molar-refractivity contribution in [2.24, 2.45) is 0 Å². The Morgan fingerprint density at radius 3 is 1.26 bits per heavy atom. The van der Waals surface area contributed by atoms with Gasteiger partial charge in [0.05, 0.1) is 41.2 Å². The van der Waals surface area contributed by atoms with Crippen molar-refractivity contribution in [2.45, 2.75) is 110 Å². The van der Waals surface area contributed by atoms with Crippen LogP contribution in [0.15, 0.2) is 60.7 Å². The van der Waals surface area contributed by atoms with E-state index in [4.69, 9.17) is 47.4 Å². The van der Waals surface area contributed by atoms with Gasteiger partial charge in [0, 0.05) is 12.8 Å². The van der Waals surface area contributed by atoms with E-state index in [2.05, 4.69) is 146 Å². The van der Waals surface area contributed by atoms with Crippen molar-refractivity contribution in [3.8, 4) is 34.5 Å². The Bertz CT molecular complexity index is 2550. The zero-order chi connectivity index (χ0) is 54.5. The number of benzene rings is 4. The van der Waals surface area contributed by atoms with Gasteiger partial charge >= 0.3 is 24.1 Å². The molecule has 0 radical (unpaired) electrons. The maximum Gasteiger partial charge on any atom is 0.408 e. The molecule has 23 heteroatoms. The van der Waals surface area contributed by atoms with Gasteiger partial charge in [-0.1, -0.05) is 13.8 Å². The molecule has 3 saturated heterocycles. The molecule has 3 N–H and O–H groups in total. The lowest BCUT2D eigenvalue weighted by atomic mass is 10.1. The van der Waals surface area contributed by atoms with Crippen LogP contribution in [-0.4, -0.2) is 110 Å². The lowest BCUT2D eigenvalue weighted by molar-refractivity contribution is -0.146. The van der Waals surface area contributed by atoms with Crippen LogP contribution >= 0.6 is 136 Å². The van der Waals surface area contributed by atoms with Gasteiger partial charge in [-0.15, -0.1) is 0 Å². The standard InChI is InChI=1S/C26H28I3NO8.C23H24I3NO7.C2H6/c1-26(2,3)38-25(32)30-21(24(31)36-13-17-11-34-17)8-14-6-19(28)23(20(29)7-14)37-15-4-5-22(18(27)9-15)35-12-16-10-33-16;1-23(2,3)34-22(30)27-18(21(28)29)8-12-6-16(25)20(17(26)7-12)33-13-4-5-19(15(24)9-13)32-11-14-10-31-14;1-2/h4-7,9,16-17,21H,8,10-13H2,1-3H3,(H,30,32);4-7,9,14,18H,8,10-11H2,1-3H3,(H,27,30)(H,28,29);1-2H3/t16?,17?,21-;14?,18-;/m00./s1. The zero-order valence-corrected chi connectivity index (χ0v) is 54.7. The highest BCUT2D eigenvalue weighted by Gasteiger charge is 2.31. The first kappa shape index (κ1) is 62.7. The third-order valence-corrected chi connectivity index (χ3v) is 14.6. The van der Waals surface area contributed by atoms with E-state index < -0.39 is 47.4 Å². The highest BCUT2D eigenvalue weighted by Crippen LogP contribution is 2.37. The number of ether oxygens (including phenoxy) is 10. The number of carboxylic acids is 1. The van der Waals surface area contributed by atoms with Crippen LogP contribution in [0.25, 0.3) is 0 Å². The van der Waals surface area contributed by atoms with E-state index in [1.807, 2.05) is 74.5 Å². The van der Waals surface area contributed by atoms with Crippen LogP contribution in [0, 0.1) is 21.4 Å². The summed E-state index contributed by atoms with van der Waals surface area (Å²) in [6, 6.07) is 16.8. The van der Waals surface area contributed by atoms with Crippen molar-refractivity contribution < 1.29 is 71.7 Å². The topological polar surface area (TPSA) is 215 Å². The Labute approximate surface area is 513 Å². The second kappa shape index (κ2) is 29.2. The average Bonchev–Trinajstić information content (AvgIpc) is 4.14. The van der Waals surface area contributed by atoms with Gasteiger partial charge in [-0.3, -0.25) is 0 Å². The van der Waals surface area contributed by atoms with E-state index >= 15 is 0 Å². The molecule has 5 atom stereocenters. The van der Waals surface area contributed by atoms with Gasteiger partial charge in [-0.25, -0.2) is 19.2 Å². The van der Waals surface area contributed by atoms with Crippen molar-refractivity contribution in [1.82, 2.24) is 10.6 Å². The van der Waals surface area contributed by atoms with E-state index in [0.717, 1.165) is 57.3 Å². The quantitative estimate of drug-likeness (QED) is 0.0325. The number of aliphatic carboxylic acids is 1. The molecule has 4 aromatic carbocycles. The van der Waals surface area contributed by atoms with Crippen LogP contribution in [0.5, 0.6) is 34.5 Å². The number of epoxide rings is 3. The lowest BCUT2D eigenvalue weighted by Crippen LogP contribution is -2.45. The molecule has 0 saturated carbocycles. The van der Waals surface area contributed by atoms with Crippen LogP contribution in [0.4, 0.5) is 9.59 Å². The van der Waals surface area contributed by atoms with Crippen molar-refractivity contribution in [3.05, 3.63) is 93.2 Å². The fourth-order valence-corrected chi connectivity index (χ4v) is 11.6. The number of alkyl carbamates (subject to hydrolysis) is 2. The average molecular weight is 1700 g/mol. The number of hydrogen-bond acceptors (Lipinski definition) is 14. The molecule has 3 unspecified atom stereocenters. The zero-order valence-electron chi connectivity index (χ0n) is 41.7. The minimum Gasteiger partial charge on any atom is -0.490 e. The Kier molecular flexibility index (Phi) is 24.7. The molecule has 0 aliphatic carbocycles. The predicted octanol–water partition coefficient (Wildman–Crippen LogP) is 12.1. The minimum absolute atomic E-state index is 0.0737. The molecular weight excluding hydrogens is 1640 g/mol. The number of rotatable bonds is 20. The lowest BCUT2D eigenvalue weighted by Gasteiger charge is -2.23. The summed E-state index contributed by atoms with van der Waals surface area (Å²) in [6.45, 7) is 17.7. The van der Waals surface area contributed by atoms with Gasteiger partial charge in [-0.2, -0.15) is 0 Å². The molecule has 3 heterocycles. The molecule has 0 bridgehead atoms. The van der Waals surface area contributed by atoms with Gasteiger partial charge in [0.2, 0.25) is 0 Å². The molecule has 3 aliphatic rings. The predicted molar refractivity (Wildman–Crippen MR) is 326 cm³/mol. The summed E-state index contributed by atoms with van der Waals surface area (Å²) >= 11 is 13.2. The van der Waals surface area contributed by atoms with Crippen LogP contribution in [0.1, 0.15) is 66.5 Å². The maximum absolute atomic E-state index is 12.8. The third-order valence-electron chi connectivity index (χ3n) is 9.67. The van der Waals surface area contributed by atoms with Crippen molar-refractivity contribution >= 4 is 160 Å². The first-order valence-electron chi connectivity index (χ1n) is 23.3. The van der Waals surface area contributed by atoms with Gasteiger partial charge in [0.25, 0.3) is 0 Å². The molecule has 3 fully saturated rings. The van der Waals surface area contributed by atoms with Crippen LogP contribution in [0.2, 0.25) is 0 Å². The van der Waals surface area contributed by atoms with E-state index in [9.17, 15) is 24.3 Å². The smallest absolute Gasteiger partial charge is 0.408 e. The highest BCUT2D eigenvalue weighted by atomic mass is 127. The Balaban J connectivity index is 0.000000267. The second-order valence-electron chi connectivity index (χ2n) is 18.4. The summed E-state index contributed by atoms with van der Waals surface area (Å²) < 4.78 is 60.5. The van der Waals surface area contributed by atoms with E-state index in [1.54, 1.807) is 41.5 Å². The number of hydrogen-bond donors (Lipinski definition) is 3. The number of carbonyl (C=O) groups is 4. The number of esters is 1.